The van der Waals surface area contributed by atoms with Gasteiger partial charge in [0, 0.05) is 25.3 Å². The standard InChI is InChI=1S/C17H19FN2O7/c18-12-2-1-10(9-11(12)15(22)19-3-6-26-7-4-19)20-5-8-27-14(16(20)23)13(21)17(24)25/h1-2,9,13-14,21H,3-8H2,(H,24,25). The van der Waals surface area contributed by atoms with E-state index in [4.69, 9.17) is 14.6 Å². The largest absolute Gasteiger partial charge is 0.479 e. The van der Waals surface area contributed by atoms with E-state index in [-0.39, 0.29) is 24.4 Å². The third kappa shape index (κ3) is 3.92. The van der Waals surface area contributed by atoms with Gasteiger partial charge >= 0.3 is 5.97 Å². The van der Waals surface area contributed by atoms with Crippen molar-refractivity contribution in [1.29, 1.82) is 0 Å². The molecule has 0 aliphatic carbocycles. The van der Waals surface area contributed by atoms with Crippen molar-refractivity contribution in [1.82, 2.24) is 4.90 Å². The number of hydrogen-bond acceptors (Lipinski definition) is 6. The SMILES string of the molecule is O=C(O)C(O)C1OCCN(c2ccc(F)c(C(=O)N3CCOCC3)c2)C1=O. The number of aliphatic carboxylic acids is 1. The van der Waals surface area contributed by atoms with Crippen LogP contribution < -0.4 is 4.90 Å². The van der Waals surface area contributed by atoms with Crippen molar-refractivity contribution in [2.45, 2.75) is 12.2 Å². The second-order valence-corrected chi connectivity index (χ2v) is 6.13. The van der Waals surface area contributed by atoms with Crippen molar-refractivity contribution >= 4 is 23.5 Å². The molecular weight excluding hydrogens is 363 g/mol. The highest BCUT2D eigenvalue weighted by atomic mass is 19.1. The Kier molecular flexibility index (Phi) is 5.68. The summed E-state index contributed by atoms with van der Waals surface area (Å²) in [6.45, 7) is 1.48. The van der Waals surface area contributed by atoms with Crippen molar-refractivity contribution in [3.8, 4) is 0 Å². The molecule has 2 amide bonds. The van der Waals surface area contributed by atoms with Crippen LogP contribution in [0.5, 0.6) is 0 Å². The molecule has 0 bridgehead atoms. The number of halogens is 1. The number of benzene rings is 1. The third-order valence-corrected chi connectivity index (χ3v) is 4.45. The summed E-state index contributed by atoms with van der Waals surface area (Å²) in [7, 11) is 0. The molecule has 0 saturated carbocycles. The number of aliphatic hydroxyl groups is 1. The fraction of sp³-hybridized carbons (Fsp3) is 0.471. The summed E-state index contributed by atoms with van der Waals surface area (Å²) in [6, 6.07) is 3.65. The first-order valence-corrected chi connectivity index (χ1v) is 8.40. The number of morpholine rings is 2. The molecule has 10 heteroatoms. The van der Waals surface area contributed by atoms with E-state index in [1.54, 1.807) is 0 Å². The Balaban J connectivity index is 1.85. The summed E-state index contributed by atoms with van der Waals surface area (Å²) in [6.07, 6.45) is -3.59. The average Bonchev–Trinajstić information content (AvgIpc) is 2.68. The van der Waals surface area contributed by atoms with Gasteiger partial charge in [0.2, 0.25) is 0 Å². The zero-order chi connectivity index (χ0) is 19.6. The number of aliphatic hydroxyl groups excluding tert-OH is 1. The van der Waals surface area contributed by atoms with Crippen LogP contribution in [-0.4, -0.2) is 84.6 Å². The van der Waals surface area contributed by atoms with Gasteiger partial charge in [-0.15, -0.1) is 0 Å². The fourth-order valence-corrected chi connectivity index (χ4v) is 3.00. The van der Waals surface area contributed by atoms with Gasteiger partial charge in [-0.2, -0.15) is 0 Å². The van der Waals surface area contributed by atoms with Crippen LogP contribution in [0.25, 0.3) is 0 Å². The molecule has 0 spiro atoms. The number of carboxylic acids is 1. The van der Waals surface area contributed by atoms with Crippen LogP contribution in [0.4, 0.5) is 10.1 Å². The van der Waals surface area contributed by atoms with Gasteiger partial charge in [0.05, 0.1) is 25.4 Å². The summed E-state index contributed by atoms with van der Waals surface area (Å²) < 4.78 is 24.5. The first kappa shape index (κ1) is 19.2. The maximum Gasteiger partial charge on any atom is 0.335 e. The molecule has 2 heterocycles. The van der Waals surface area contributed by atoms with E-state index in [9.17, 15) is 23.9 Å². The molecule has 2 aliphatic heterocycles. The van der Waals surface area contributed by atoms with E-state index in [1.807, 2.05) is 0 Å². The molecule has 2 unspecified atom stereocenters. The minimum atomic E-state index is -2.02. The number of rotatable bonds is 4. The highest BCUT2D eigenvalue weighted by molar-refractivity contribution is 6.02. The molecule has 2 N–H and O–H groups in total. The molecule has 2 saturated heterocycles. The Hall–Kier alpha value is -2.56. The van der Waals surface area contributed by atoms with E-state index in [0.29, 0.717) is 26.3 Å². The molecule has 1 aromatic rings. The highest BCUT2D eigenvalue weighted by Gasteiger charge is 2.39. The molecule has 146 valence electrons. The van der Waals surface area contributed by atoms with E-state index in [2.05, 4.69) is 0 Å². The number of carbonyl (C=O) groups is 3. The van der Waals surface area contributed by atoms with Gasteiger partial charge in [-0.05, 0) is 18.2 Å². The van der Waals surface area contributed by atoms with E-state index in [0.717, 1.165) is 6.07 Å². The normalized spacial score (nSPS) is 21.9. The molecule has 0 radical (unpaired) electrons. The minimum Gasteiger partial charge on any atom is -0.479 e. The number of anilines is 1. The molecule has 2 aliphatic rings. The van der Waals surface area contributed by atoms with E-state index < -0.39 is 35.8 Å². The van der Waals surface area contributed by atoms with Gasteiger partial charge in [-0.1, -0.05) is 0 Å². The van der Waals surface area contributed by atoms with Gasteiger partial charge in [0.15, 0.2) is 12.2 Å². The lowest BCUT2D eigenvalue weighted by Crippen LogP contribution is -2.54. The maximum absolute atomic E-state index is 14.2. The van der Waals surface area contributed by atoms with Crippen LogP contribution in [0.3, 0.4) is 0 Å². The van der Waals surface area contributed by atoms with Crippen LogP contribution in [0.2, 0.25) is 0 Å². The van der Waals surface area contributed by atoms with Crippen LogP contribution >= 0.6 is 0 Å². The molecule has 9 nitrogen and oxygen atoms in total. The highest BCUT2D eigenvalue weighted by Crippen LogP contribution is 2.24. The number of carbonyl (C=O) groups excluding carboxylic acids is 2. The summed E-state index contributed by atoms with van der Waals surface area (Å²) >= 11 is 0. The summed E-state index contributed by atoms with van der Waals surface area (Å²) in [5, 5.41) is 18.5. The van der Waals surface area contributed by atoms with Crippen LogP contribution in [-0.2, 0) is 19.1 Å². The topological polar surface area (TPSA) is 117 Å². The van der Waals surface area contributed by atoms with Gasteiger partial charge in [-0.3, -0.25) is 9.59 Å². The zero-order valence-electron chi connectivity index (χ0n) is 14.3. The average molecular weight is 382 g/mol. The zero-order valence-corrected chi connectivity index (χ0v) is 14.3. The molecule has 27 heavy (non-hydrogen) atoms. The van der Waals surface area contributed by atoms with Crippen molar-refractivity contribution in [3.05, 3.63) is 29.6 Å². The lowest BCUT2D eigenvalue weighted by atomic mass is 10.1. The molecule has 1 aromatic carbocycles. The van der Waals surface area contributed by atoms with E-state index in [1.165, 1.54) is 21.9 Å². The van der Waals surface area contributed by atoms with Gasteiger partial charge in [-0.25, -0.2) is 9.18 Å². The van der Waals surface area contributed by atoms with E-state index >= 15 is 0 Å². The van der Waals surface area contributed by atoms with Crippen molar-refractivity contribution in [2.75, 3.05) is 44.4 Å². The lowest BCUT2D eigenvalue weighted by molar-refractivity contribution is -0.163. The quantitative estimate of drug-likeness (QED) is 0.719. The van der Waals surface area contributed by atoms with Gasteiger partial charge < -0.3 is 29.5 Å². The third-order valence-electron chi connectivity index (χ3n) is 4.45. The van der Waals surface area contributed by atoms with Crippen LogP contribution in [0.1, 0.15) is 10.4 Å². The molecule has 0 aromatic heterocycles. The monoisotopic (exact) mass is 382 g/mol. The maximum atomic E-state index is 14.2. The number of hydrogen-bond donors (Lipinski definition) is 2. The molecular formula is C17H19FN2O7. The predicted octanol–water partition coefficient (Wildman–Crippen LogP) is -0.525. The first-order chi connectivity index (χ1) is 12.9. The Bertz CT molecular complexity index is 751. The van der Waals surface area contributed by atoms with Crippen LogP contribution in [0, 0.1) is 5.82 Å². The Labute approximate surface area is 153 Å². The summed E-state index contributed by atoms with van der Waals surface area (Å²) in [5.74, 6) is -3.59. The minimum absolute atomic E-state index is 0.00906. The Morgan fingerprint density at radius 3 is 2.56 bits per heavy atom. The summed E-state index contributed by atoms with van der Waals surface area (Å²) in [5.41, 5.74) is 0.0351. The predicted molar refractivity (Wildman–Crippen MR) is 88.9 cm³/mol. The number of ether oxygens (including phenoxy) is 2. The molecule has 3 rings (SSSR count). The smallest absolute Gasteiger partial charge is 0.335 e. The fourth-order valence-electron chi connectivity index (χ4n) is 3.00. The van der Waals surface area contributed by atoms with Crippen molar-refractivity contribution < 1.29 is 38.5 Å². The lowest BCUT2D eigenvalue weighted by Gasteiger charge is -2.34. The molecule has 2 atom stereocenters. The second-order valence-electron chi connectivity index (χ2n) is 6.13. The Morgan fingerprint density at radius 2 is 1.89 bits per heavy atom. The second kappa shape index (κ2) is 7.99. The first-order valence-electron chi connectivity index (χ1n) is 8.40. The number of nitrogens with zero attached hydrogens (tertiary/aromatic N) is 2. The molecule has 2 fully saturated rings. The summed E-state index contributed by atoms with van der Waals surface area (Å²) in [4.78, 5) is 38.7. The van der Waals surface area contributed by atoms with Gasteiger partial charge in [0.1, 0.15) is 5.82 Å². The number of carboxylic acid groups (broad SMARTS) is 1. The Morgan fingerprint density at radius 1 is 1.19 bits per heavy atom. The van der Waals surface area contributed by atoms with Gasteiger partial charge in [0.25, 0.3) is 11.8 Å². The van der Waals surface area contributed by atoms with Crippen molar-refractivity contribution in [2.24, 2.45) is 0 Å². The van der Waals surface area contributed by atoms with Crippen molar-refractivity contribution in [3.63, 3.8) is 0 Å². The van der Waals surface area contributed by atoms with Crippen LogP contribution in [0.15, 0.2) is 18.2 Å². The number of amides is 2.